The van der Waals surface area contributed by atoms with Crippen molar-refractivity contribution in [3.63, 3.8) is 0 Å². The second-order valence-corrected chi connectivity index (χ2v) is 5.39. The van der Waals surface area contributed by atoms with Crippen LogP contribution in [0.3, 0.4) is 0 Å². The highest BCUT2D eigenvalue weighted by Crippen LogP contribution is 2.40. The van der Waals surface area contributed by atoms with E-state index in [-0.39, 0.29) is 12.1 Å². The third-order valence-electron chi connectivity index (χ3n) is 3.83. The zero-order chi connectivity index (χ0) is 14.8. The van der Waals surface area contributed by atoms with Gasteiger partial charge in [0.05, 0.1) is 13.3 Å². The normalized spacial score (nSPS) is 20.7. The molecule has 1 aliphatic rings. The fourth-order valence-electron chi connectivity index (χ4n) is 2.71. The molecule has 0 radical (unpaired) electrons. The molecule has 0 amide bonds. The van der Waals surface area contributed by atoms with Crippen LogP contribution in [0.25, 0.3) is 0 Å². The van der Waals surface area contributed by atoms with Crippen molar-refractivity contribution in [2.45, 2.75) is 38.5 Å². The van der Waals surface area contributed by atoms with Gasteiger partial charge in [0.2, 0.25) is 0 Å². The van der Waals surface area contributed by atoms with Crippen molar-refractivity contribution in [1.82, 2.24) is 9.78 Å². The van der Waals surface area contributed by atoms with Crippen molar-refractivity contribution in [2.75, 3.05) is 7.11 Å². The van der Waals surface area contributed by atoms with E-state index >= 15 is 0 Å². The summed E-state index contributed by atoms with van der Waals surface area (Å²) in [5.74, 6) is 1.64. The first kappa shape index (κ1) is 13.9. The predicted molar refractivity (Wildman–Crippen MR) is 80.4 cm³/mol. The van der Waals surface area contributed by atoms with Crippen LogP contribution in [0.2, 0.25) is 0 Å². The van der Waals surface area contributed by atoms with Gasteiger partial charge in [-0.15, -0.1) is 0 Å². The van der Waals surface area contributed by atoms with Gasteiger partial charge in [0, 0.05) is 36.3 Å². The number of hydrogen-bond acceptors (Lipinski definition) is 4. The fraction of sp³-hybridized carbons (Fsp3) is 0.438. The number of ether oxygens (including phenoxy) is 2. The summed E-state index contributed by atoms with van der Waals surface area (Å²) in [6, 6.07) is 5.73. The second-order valence-electron chi connectivity index (χ2n) is 5.39. The van der Waals surface area contributed by atoms with Crippen LogP contribution >= 0.6 is 0 Å². The van der Waals surface area contributed by atoms with E-state index in [9.17, 15) is 0 Å². The Labute approximate surface area is 124 Å². The van der Waals surface area contributed by atoms with Crippen molar-refractivity contribution >= 4 is 0 Å². The molecule has 2 aromatic rings. The zero-order valence-corrected chi connectivity index (χ0v) is 12.5. The van der Waals surface area contributed by atoms with Gasteiger partial charge in [0.25, 0.3) is 0 Å². The highest BCUT2D eigenvalue weighted by atomic mass is 16.5. The monoisotopic (exact) mass is 287 g/mol. The number of nitrogens with zero attached hydrogens (tertiary/aromatic N) is 2. The number of aryl methyl sites for hydroxylation is 1. The molecule has 0 spiro atoms. The van der Waals surface area contributed by atoms with Crippen LogP contribution in [0.15, 0.2) is 30.6 Å². The Morgan fingerprint density at radius 1 is 1.48 bits per heavy atom. The summed E-state index contributed by atoms with van der Waals surface area (Å²) in [6.45, 7) is 3.06. The lowest BCUT2D eigenvalue weighted by Crippen LogP contribution is -2.24. The molecule has 0 saturated heterocycles. The highest BCUT2D eigenvalue weighted by Gasteiger charge is 2.28. The summed E-state index contributed by atoms with van der Waals surface area (Å²) >= 11 is 0. The molecule has 112 valence electrons. The molecule has 5 heteroatoms. The van der Waals surface area contributed by atoms with Crippen molar-refractivity contribution in [2.24, 2.45) is 5.73 Å². The second kappa shape index (κ2) is 5.77. The van der Waals surface area contributed by atoms with E-state index in [1.54, 1.807) is 7.11 Å². The molecule has 2 heterocycles. The van der Waals surface area contributed by atoms with Crippen LogP contribution in [0.4, 0.5) is 0 Å². The van der Waals surface area contributed by atoms with Crippen molar-refractivity contribution in [3.05, 3.63) is 41.7 Å². The Morgan fingerprint density at radius 3 is 3.10 bits per heavy atom. The standard InChI is InChI=1S/C16H21N3O2/c1-3-6-19-10-11(9-18-19)16-8-14(17)13-7-12(20-2)4-5-15(13)21-16/h4-5,7,9-10,14,16H,3,6,8,17H2,1-2H3/t14-,16?/m1/s1. The van der Waals surface area contributed by atoms with E-state index in [4.69, 9.17) is 15.2 Å². The summed E-state index contributed by atoms with van der Waals surface area (Å²) in [6.07, 6.45) is 5.70. The lowest BCUT2D eigenvalue weighted by molar-refractivity contribution is 0.161. The Kier molecular flexibility index (Phi) is 3.84. The van der Waals surface area contributed by atoms with Gasteiger partial charge in [0.1, 0.15) is 17.6 Å². The SMILES string of the molecule is CCCn1cc(C2C[C@@H](N)c3cc(OC)ccc3O2)cn1. The molecule has 1 aromatic heterocycles. The molecule has 2 atom stereocenters. The highest BCUT2D eigenvalue weighted by molar-refractivity contribution is 5.44. The predicted octanol–water partition coefficient (Wildman–Crippen LogP) is 2.83. The van der Waals surface area contributed by atoms with E-state index in [0.717, 1.165) is 42.0 Å². The Hall–Kier alpha value is -2.01. The minimum Gasteiger partial charge on any atom is -0.497 e. The third kappa shape index (κ3) is 2.74. The van der Waals surface area contributed by atoms with E-state index in [1.165, 1.54) is 0 Å². The molecule has 3 rings (SSSR count). The van der Waals surface area contributed by atoms with Gasteiger partial charge >= 0.3 is 0 Å². The minimum absolute atomic E-state index is 0.0356. The lowest BCUT2D eigenvalue weighted by atomic mass is 9.95. The first-order chi connectivity index (χ1) is 10.2. The Bertz CT molecular complexity index is 624. The van der Waals surface area contributed by atoms with Crippen molar-refractivity contribution < 1.29 is 9.47 Å². The topological polar surface area (TPSA) is 62.3 Å². The summed E-state index contributed by atoms with van der Waals surface area (Å²) < 4.78 is 13.3. The quantitative estimate of drug-likeness (QED) is 0.939. The molecule has 0 bridgehead atoms. The maximum absolute atomic E-state index is 6.30. The van der Waals surface area contributed by atoms with Crippen LogP contribution < -0.4 is 15.2 Å². The molecule has 21 heavy (non-hydrogen) atoms. The Morgan fingerprint density at radius 2 is 2.33 bits per heavy atom. The summed E-state index contributed by atoms with van der Waals surface area (Å²) in [5.41, 5.74) is 8.39. The Balaban J connectivity index is 1.83. The number of benzene rings is 1. The van der Waals surface area contributed by atoms with Gasteiger partial charge in [-0.1, -0.05) is 6.92 Å². The van der Waals surface area contributed by atoms with Gasteiger partial charge in [-0.3, -0.25) is 4.68 Å². The van der Waals surface area contributed by atoms with Crippen molar-refractivity contribution in [3.8, 4) is 11.5 Å². The van der Waals surface area contributed by atoms with E-state index in [1.807, 2.05) is 29.1 Å². The molecule has 1 aliphatic heterocycles. The number of nitrogens with two attached hydrogens (primary N) is 1. The molecule has 0 fully saturated rings. The molecule has 1 aromatic carbocycles. The molecular weight excluding hydrogens is 266 g/mol. The van der Waals surface area contributed by atoms with E-state index in [2.05, 4.69) is 18.2 Å². The number of aromatic nitrogens is 2. The lowest BCUT2D eigenvalue weighted by Gasteiger charge is -2.30. The summed E-state index contributed by atoms with van der Waals surface area (Å²) in [4.78, 5) is 0. The number of fused-ring (bicyclic) bond motifs is 1. The van der Waals surface area contributed by atoms with Gasteiger partial charge in [0.15, 0.2) is 0 Å². The van der Waals surface area contributed by atoms with Crippen LogP contribution in [-0.4, -0.2) is 16.9 Å². The third-order valence-corrected chi connectivity index (χ3v) is 3.83. The summed E-state index contributed by atoms with van der Waals surface area (Å²) in [5, 5.41) is 4.37. The van der Waals surface area contributed by atoms with Gasteiger partial charge < -0.3 is 15.2 Å². The smallest absolute Gasteiger partial charge is 0.129 e. The maximum Gasteiger partial charge on any atom is 0.129 e. The molecule has 5 nitrogen and oxygen atoms in total. The summed E-state index contributed by atoms with van der Waals surface area (Å²) in [7, 11) is 1.65. The van der Waals surface area contributed by atoms with Crippen LogP contribution in [0.1, 0.15) is 43.0 Å². The van der Waals surface area contributed by atoms with E-state index in [0.29, 0.717) is 0 Å². The number of hydrogen-bond donors (Lipinski definition) is 1. The zero-order valence-electron chi connectivity index (χ0n) is 12.5. The average molecular weight is 287 g/mol. The van der Waals surface area contributed by atoms with Gasteiger partial charge in [-0.2, -0.15) is 5.10 Å². The first-order valence-corrected chi connectivity index (χ1v) is 7.33. The van der Waals surface area contributed by atoms with Gasteiger partial charge in [-0.25, -0.2) is 0 Å². The van der Waals surface area contributed by atoms with Gasteiger partial charge in [-0.05, 0) is 24.6 Å². The fourth-order valence-corrected chi connectivity index (χ4v) is 2.71. The molecular formula is C16H21N3O2. The number of rotatable bonds is 4. The van der Waals surface area contributed by atoms with Crippen molar-refractivity contribution in [1.29, 1.82) is 0 Å². The van der Waals surface area contributed by atoms with Crippen LogP contribution in [0.5, 0.6) is 11.5 Å². The first-order valence-electron chi connectivity index (χ1n) is 7.33. The molecule has 2 N–H and O–H groups in total. The number of methoxy groups -OCH3 is 1. The van der Waals surface area contributed by atoms with Crippen LogP contribution in [-0.2, 0) is 6.54 Å². The molecule has 0 aliphatic carbocycles. The van der Waals surface area contributed by atoms with E-state index < -0.39 is 0 Å². The van der Waals surface area contributed by atoms with Crippen LogP contribution in [0, 0.1) is 0 Å². The minimum atomic E-state index is -0.0524. The maximum atomic E-state index is 6.30. The average Bonchev–Trinajstić information content (AvgIpc) is 2.96. The molecule has 0 saturated carbocycles. The largest absolute Gasteiger partial charge is 0.497 e. The molecule has 1 unspecified atom stereocenters.